The minimum Gasteiger partial charge on any atom is -0.367 e. The predicted molar refractivity (Wildman–Crippen MR) is 71.9 cm³/mol. The van der Waals surface area contributed by atoms with Gasteiger partial charge in [-0.25, -0.2) is 4.39 Å². The zero-order valence-electron chi connectivity index (χ0n) is 11.1. The van der Waals surface area contributed by atoms with Crippen molar-refractivity contribution in [2.75, 3.05) is 31.1 Å². The first-order valence-corrected chi connectivity index (χ1v) is 6.35. The van der Waals surface area contributed by atoms with Crippen molar-refractivity contribution in [3.63, 3.8) is 0 Å². The highest BCUT2D eigenvalue weighted by atomic mass is 19.1. The van der Waals surface area contributed by atoms with Crippen LogP contribution in [-0.2, 0) is 0 Å². The molecule has 1 heterocycles. The number of nitro benzene ring substituents is 1. The van der Waals surface area contributed by atoms with Crippen LogP contribution < -0.4 is 4.90 Å². The van der Waals surface area contributed by atoms with Crippen molar-refractivity contribution in [3.05, 3.63) is 34.1 Å². The summed E-state index contributed by atoms with van der Waals surface area (Å²) in [6.45, 7) is 4.37. The van der Waals surface area contributed by atoms with Crippen LogP contribution in [0.4, 0.5) is 15.8 Å². The van der Waals surface area contributed by atoms with Crippen molar-refractivity contribution in [3.8, 4) is 6.07 Å². The molecule has 0 radical (unpaired) electrons. The minimum absolute atomic E-state index is 0.154. The summed E-state index contributed by atoms with van der Waals surface area (Å²) < 4.78 is 13.9. The maximum absolute atomic E-state index is 13.9. The summed E-state index contributed by atoms with van der Waals surface area (Å²) in [7, 11) is 0. The summed E-state index contributed by atoms with van der Waals surface area (Å²) in [5.41, 5.74) is 0.128. The van der Waals surface area contributed by atoms with Gasteiger partial charge in [0, 0.05) is 32.2 Å². The third kappa shape index (κ3) is 2.86. The number of hydrogen-bond donors (Lipinski definition) is 0. The van der Waals surface area contributed by atoms with E-state index in [1.54, 1.807) is 0 Å². The lowest BCUT2D eigenvalue weighted by molar-refractivity contribution is -0.385. The molecule has 20 heavy (non-hydrogen) atoms. The van der Waals surface area contributed by atoms with Crippen LogP contribution in [0.1, 0.15) is 6.92 Å². The fraction of sp³-hybridized carbons (Fsp3) is 0.462. The molecule has 2 rings (SSSR count). The van der Waals surface area contributed by atoms with Crippen molar-refractivity contribution in [2.24, 2.45) is 0 Å². The number of halogens is 1. The Morgan fingerprint density at radius 1 is 1.40 bits per heavy atom. The molecule has 0 aliphatic carbocycles. The second kappa shape index (κ2) is 5.84. The number of nitrogens with zero attached hydrogens (tertiary/aromatic N) is 4. The number of hydrogen-bond acceptors (Lipinski definition) is 5. The molecule has 1 aliphatic heterocycles. The van der Waals surface area contributed by atoms with Crippen molar-refractivity contribution in [2.45, 2.75) is 13.0 Å². The molecule has 1 unspecified atom stereocenters. The normalized spacial score (nSPS) is 17.6. The molecular formula is C13H15FN4O2. The first-order chi connectivity index (χ1) is 9.52. The maximum atomic E-state index is 13.9. The topological polar surface area (TPSA) is 73.4 Å². The van der Waals surface area contributed by atoms with Crippen LogP contribution in [0.3, 0.4) is 0 Å². The number of nitro groups is 1. The summed E-state index contributed by atoms with van der Waals surface area (Å²) >= 11 is 0. The van der Waals surface area contributed by atoms with E-state index < -0.39 is 10.7 Å². The van der Waals surface area contributed by atoms with Gasteiger partial charge in [0.25, 0.3) is 5.69 Å². The van der Waals surface area contributed by atoms with E-state index in [0.29, 0.717) is 31.9 Å². The van der Waals surface area contributed by atoms with Crippen molar-refractivity contribution >= 4 is 11.4 Å². The van der Waals surface area contributed by atoms with Gasteiger partial charge in [-0.3, -0.25) is 15.0 Å². The third-order valence-electron chi connectivity index (χ3n) is 3.53. The van der Waals surface area contributed by atoms with Crippen LogP contribution in [-0.4, -0.2) is 42.0 Å². The Labute approximate surface area is 116 Å². The van der Waals surface area contributed by atoms with Gasteiger partial charge in [-0.15, -0.1) is 0 Å². The molecule has 0 saturated carbocycles. The Balaban J connectivity index is 2.08. The van der Waals surface area contributed by atoms with Gasteiger partial charge in [0.15, 0.2) is 5.82 Å². The summed E-state index contributed by atoms with van der Waals surface area (Å²) in [5.74, 6) is -0.582. The van der Waals surface area contributed by atoms with Crippen LogP contribution in [0.2, 0.25) is 0 Å². The van der Waals surface area contributed by atoms with E-state index in [1.165, 1.54) is 12.1 Å². The van der Waals surface area contributed by atoms with Gasteiger partial charge >= 0.3 is 0 Å². The van der Waals surface area contributed by atoms with Crippen LogP contribution in [0, 0.1) is 27.3 Å². The summed E-state index contributed by atoms with van der Waals surface area (Å²) in [4.78, 5) is 13.8. The number of non-ortho nitro benzene ring substituents is 1. The molecule has 1 fully saturated rings. The molecule has 6 nitrogen and oxygen atoms in total. The number of piperazine rings is 1. The Morgan fingerprint density at radius 3 is 2.55 bits per heavy atom. The first-order valence-electron chi connectivity index (χ1n) is 6.35. The zero-order chi connectivity index (χ0) is 14.7. The van der Waals surface area contributed by atoms with Crippen LogP contribution in [0.15, 0.2) is 18.2 Å². The van der Waals surface area contributed by atoms with Crippen molar-refractivity contribution < 1.29 is 9.31 Å². The lowest BCUT2D eigenvalue weighted by atomic mass is 10.2. The number of rotatable bonds is 3. The SMILES string of the molecule is CC(C#N)N1CCN(c2ccc([N+](=O)[O-])cc2F)CC1. The summed E-state index contributed by atoms with van der Waals surface area (Å²) in [5, 5.41) is 19.4. The van der Waals surface area contributed by atoms with E-state index in [1.807, 2.05) is 16.7 Å². The molecule has 106 valence electrons. The van der Waals surface area contributed by atoms with Crippen LogP contribution in [0.25, 0.3) is 0 Å². The lowest BCUT2D eigenvalue weighted by Crippen LogP contribution is -2.49. The van der Waals surface area contributed by atoms with Crippen LogP contribution >= 0.6 is 0 Å². The van der Waals surface area contributed by atoms with E-state index in [4.69, 9.17) is 5.26 Å². The monoisotopic (exact) mass is 278 g/mol. The van der Waals surface area contributed by atoms with Crippen LogP contribution in [0.5, 0.6) is 0 Å². The van der Waals surface area contributed by atoms with E-state index in [-0.39, 0.29) is 11.7 Å². The molecule has 1 aliphatic rings. The zero-order valence-corrected chi connectivity index (χ0v) is 11.1. The van der Waals surface area contributed by atoms with E-state index in [0.717, 1.165) is 6.07 Å². The van der Waals surface area contributed by atoms with Gasteiger partial charge in [0.1, 0.15) is 0 Å². The molecule has 0 amide bonds. The van der Waals surface area contributed by atoms with Gasteiger partial charge in [-0.05, 0) is 13.0 Å². The second-order valence-electron chi connectivity index (χ2n) is 4.72. The fourth-order valence-electron chi connectivity index (χ4n) is 2.30. The van der Waals surface area contributed by atoms with Gasteiger partial charge in [0.05, 0.1) is 28.8 Å². The highest BCUT2D eigenvalue weighted by Crippen LogP contribution is 2.25. The molecule has 1 saturated heterocycles. The van der Waals surface area contributed by atoms with Gasteiger partial charge in [-0.1, -0.05) is 0 Å². The molecule has 0 aromatic heterocycles. The van der Waals surface area contributed by atoms with Crippen molar-refractivity contribution in [1.29, 1.82) is 5.26 Å². The van der Waals surface area contributed by atoms with Gasteiger partial charge in [-0.2, -0.15) is 5.26 Å². The fourth-order valence-corrected chi connectivity index (χ4v) is 2.30. The second-order valence-corrected chi connectivity index (χ2v) is 4.72. The lowest BCUT2D eigenvalue weighted by Gasteiger charge is -2.37. The molecule has 1 aromatic rings. The molecule has 1 aromatic carbocycles. The summed E-state index contributed by atoms with van der Waals surface area (Å²) in [6, 6.07) is 5.72. The average molecular weight is 278 g/mol. The largest absolute Gasteiger partial charge is 0.367 e. The Morgan fingerprint density at radius 2 is 2.05 bits per heavy atom. The molecule has 1 atom stereocenters. The molecule has 7 heteroatoms. The Hall–Kier alpha value is -2.20. The standard InChI is InChI=1S/C13H15FN4O2/c1-10(9-15)16-4-6-17(7-5-16)13-3-2-11(18(19)20)8-12(13)14/h2-3,8,10H,4-7H2,1H3. The first kappa shape index (κ1) is 14.2. The molecular weight excluding hydrogens is 263 g/mol. The Kier molecular flexibility index (Phi) is 4.15. The smallest absolute Gasteiger partial charge is 0.272 e. The maximum Gasteiger partial charge on any atom is 0.272 e. The highest BCUT2D eigenvalue weighted by molar-refractivity contribution is 5.52. The number of nitriles is 1. The molecule has 0 N–H and O–H groups in total. The van der Waals surface area contributed by atoms with Gasteiger partial charge in [0.2, 0.25) is 0 Å². The van der Waals surface area contributed by atoms with E-state index in [2.05, 4.69) is 6.07 Å². The third-order valence-corrected chi connectivity index (χ3v) is 3.53. The highest BCUT2D eigenvalue weighted by Gasteiger charge is 2.23. The quantitative estimate of drug-likeness (QED) is 0.622. The van der Waals surface area contributed by atoms with E-state index >= 15 is 0 Å². The summed E-state index contributed by atoms with van der Waals surface area (Å²) in [6.07, 6.45) is 0. The van der Waals surface area contributed by atoms with Gasteiger partial charge < -0.3 is 4.90 Å². The number of benzene rings is 1. The van der Waals surface area contributed by atoms with Crippen molar-refractivity contribution in [1.82, 2.24) is 4.90 Å². The van der Waals surface area contributed by atoms with E-state index in [9.17, 15) is 14.5 Å². The average Bonchev–Trinajstić information content (AvgIpc) is 2.46. The molecule has 0 spiro atoms. The predicted octanol–water partition coefficient (Wildman–Crippen LogP) is 1.77. The molecule has 0 bridgehead atoms. The minimum atomic E-state index is -0.612. The number of anilines is 1. The Bertz CT molecular complexity index is 550.